The van der Waals surface area contributed by atoms with Crippen molar-refractivity contribution in [1.29, 1.82) is 0 Å². The van der Waals surface area contributed by atoms with Crippen LogP contribution in [0.1, 0.15) is 29.3 Å². The van der Waals surface area contributed by atoms with Gasteiger partial charge >= 0.3 is 0 Å². The van der Waals surface area contributed by atoms with E-state index in [0.717, 1.165) is 29.5 Å². The van der Waals surface area contributed by atoms with Crippen LogP contribution < -0.4 is 15.0 Å². The second kappa shape index (κ2) is 7.97. The molecule has 0 aliphatic carbocycles. The van der Waals surface area contributed by atoms with E-state index >= 15 is 0 Å². The number of nitrogens with zero attached hydrogens (tertiary/aromatic N) is 1. The Morgan fingerprint density at radius 2 is 2.12 bits per heavy atom. The minimum atomic E-state index is -0.262. The summed E-state index contributed by atoms with van der Waals surface area (Å²) < 4.78 is 6.51. The topological polar surface area (TPSA) is 41.6 Å². The van der Waals surface area contributed by atoms with Crippen molar-refractivity contribution >= 4 is 44.9 Å². The Hall–Kier alpha value is -1.92. The van der Waals surface area contributed by atoms with Gasteiger partial charge in [-0.15, -0.1) is 0 Å². The summed E-state index contributed by atoms with van der Waals surface area (Å²) in [5.74, 6) is 0.300. The van der Waals surface area contributed by atoms with Crippen molar-refractivity contribution in [1.82, 2.24) is 5.32 Å². The number of ether oxygens (including phenoxy) is 1. The van der Waals surface area contributed by atoms with E-state index in [0.29, 0.717) is 23.0 Å². The fourth-order valence-electron chi connectivity index (χ4n) is 2.80. The number of anilines is 1. The number of carbonyl (C=O) groups excluding carboxylic acids is 1. The van der Waals surface area contributed by atoms with Gasteiger partial charge in [0.25, 0.3) is 5.91 Å². The van der Waals surface area contributed by atoms with Crippen molar-refractivity contribution < 1.29 is 9.53 Å². The Bertz CT molecular complexity index is 810. The Balaban J connectivity index is 1.76. The summed E-state index contributed by atoms with van der Waals surface area (Å²) >= 11 is 8.88. The number of para-hydroxylation sites is 1. The number of rotatable bonds is 4. The summed E-state index contributed by atoms with van der Waals surface area (Å²) in [5, 5.41) is 3.25. The van der Waals surface area contributed by atoms with Crippen molar-refractivity contribution in [2.75, 3.05) is 18.1 Å². The fourth-order valence-corrected chi connectivity index (χ4v) is 3.44. The molecule has 0 unspecified atom stereocenters. The monoisotopic (exact) mass is 418 g/mol. The Labute approximate surface area is 161 Å². The first-order chi connectivity index (χ1) is 12.1. The summed E-state index contributed by atoms with van der Waals surface area (Å²) in [4.78, 5) is 14.7. The summed E-state index contributed by atoms with van der Waals surface area (Å²) in [6, 6.07) is 13.5. The van der Waals surface area contributed by atoms with Gasteiger partial charge in [0.15, 0.2) is 5.11 Å². The minimum absolute atomic E-state index is 0.262. The number of carbonyl (C=O) groups is 1. The predicted molar refractivity (Wildman–Crippen MR) is 107 cm³/mol. The van der Waals surface area contributed by atoms with Crippen LogP contribution in [0.15, 0.2) is 46.9 Å². The molecule has 1 N–H and O–H groups in total. The molecule has 3 rings (SSSR count). The van der Waals surface area contributed by atoms with Crippen molar-refractivity contribution in [3.05, 3.63) is 58.1 Å². The summed E-state index contributed by atoms with van der Waals surface area (Å²) in [6.07, 6.45) is 1.80. The molecular weight excluding hydrogens is 400 g/mol. The number of hydrogen-bond donors (Lipinski definition) is 1. The lowest BCUT2D eigenvalue weighted by molar-refractivity contribution is 0.0973. The third-order valence-electron chi connectivity index (χ3n) is 4.00. The zero-order valence-corrected chi connectivity index (χ0v) is 16.3. The lowest BCUT2D eigenvalue weighted by Gasteiger charge is -2.21. The minimum Gasteiger partial charge on any atom is -0.493 e. The molecule has 2 aromatic carbocycles. The normalized spacial score (nSPS) is 12.6. The van der Waals surface area contributed by atoms with Gasteiger partial charge in [-0.3, -0.25) is 10.1 Å². The highest BCUT2D eigenvalue weighted by Gasteiger charge is 2.24. The third kappa shape index (κ3) is 4.02. The predicted octanol–water partition coefficient (Wildman–Crippen LogP) is 4.32. The molecule has 1 aliphatic heterocycles. The van der Waals surface area contributed by atoms with Crippen LogP contribution in [0.4, 0.5) is 5.69 Å². The summed E-state index contributed by atoms with van der Waals surface area (Å²) in [6.45, 7) is 3.36. The fraction of sp³-hybridized carbons (Fsp3) is 0.263. The summed E-state index contributed by atoms with van der Waals surface area (Å²) in [7, 11) is 0. The second-order valence-corrected chi connectivity index (χ2v) is 7.08. The molecule has 6 heteroatoms. The molecule has 0 aromatic heterocycles. The van der Waals surface area contributed by atoms with Gasteiger partial charge < -0.3 is 9.64 Å². The number of benzene rings is 2. The van der Waals surface area contributed by atoms with Crippen LogP contribution in [0.2, 0.25) is 0 Å². The highest BCUT2D eigenvalue weighted by atomic mass is 79.9. The maximum absolute atomic E-state index is 12.7. The van der Waals surface area contributed by atoms with Gasteiger partial charge in [-0.1, -0.05) is 41.1 Å². The summed E-state index contributed by atoms with van der Waals surface area (Å²) in [5.41, 5.74) is 2.77. The second-order valence-electron chi connectivity index (χ2n) is 5.78. The quantitative estimate of drug-likeness (QED) is 0.750. The zero-order valence-electron chi connectivity index (χ0n) is 13.9. The molecule has 2 aromatic rings. The van der Waals surface area contributed by atoms with E-state index in [1.165, 1.54) is 5.56 Å². The van der Waals surface area contributed by atoms with Crippen LogP contribution in [-0.4, -0.2) is 24.2 Å². The van der Waals surface area contributed by atoms with E-state index in [-0.39, 0.29) is 5.91 Å². The van der Waals surface area contributed by atoms with E-state index in [1.54, 1.807) is 12.1 Å². The molecular formula is C19H19BrN2O2S. The van der Waals surface area contributed by atoms with Crippen molar-refractivity contribution in [3.8, 4) is 5.75 Å². The van der Waals surface area contributed by atoms with Gasteiger partial charge in [0.1, 0.15) is 5.75 Å². The highest BCUT2D eigenvalue weighted by molar-refractivity contribution is 9.10. The van der Waals surface area contributed by atoms with Crippen molar-refractivity contribution in [2.24, 2.45) is 0 Å². The average molecular weight is 419 g/mol. The van der Waals surface area contributed by atoms with Gasteiger partial charge in [0.2, 0.25) is 0 Å². The van der Waals surface area contributed by atoms with Gasteiger partial charge in [-0.05, 0) is 54.9 Å². The number of amides is 1. The molecule has 0 fully saturated rings. The van der Waals surface area contributed by atoms with E-state index < -0.39 is 0 Å². The first-order valence-corrected chi connectivity index (χ1v) is 9.43. The molecule has 1 heterocycles. The number of fused-ring (bicyclic) bond motifs is 1. The molecule has 1 amide bonds. The molecule has 0 saturated carbocycles. The smallest absolute Gasteiger partial charge is 0.261 e. The molecule has 4 nitrogen and oxygen atoms in total. The van der Waals surface area contributed by atoms with Crippen LogP contribution in [0, 0.1) is 0 Å². The molecule has 1 aliphatic rings. The maximum Gasteiger partial charge on any atom is 0.261 e. The molecule has 0 spiro atoms. The Morgan fingerprint density at radius 1 is 1.32 bits per heavy atom. The molecule has 25 heavy (non-hydrogen) atoms. The van der Waals surface area contributed by atoms with Gasteiger partial charge in [0, 0.05) is 16.7 Å². The van der Waals surface area contributed by atoms with E-state index in [4.69, 9.17) is 17.0 Å². The largest absolute Gasteiger partial charge is 0.493 e. The van der Waals surface area contributed by atoms with Crippen LogP contribution >= 0.6 is 28.1 Å². The van der Waals surface area contributed by atoms with Crippen molar-refractivity contribution in [2.45, 2.75) is 19.8 Å². The molecule has 0 radical (unpaired) electrons. The molecule has 130 valence electrons. The Kier molecular flexibility index (Phi) is 5.71. The number of halogens is 1. The lowest BCUT2D eigenvalue weighted by Crippen LogP contribution is -2.42. The number of hydrogen-bond acceptors (Lipinski definition) is 3. The third-order valence-corrected chi connectivity index (χ3v) is 4.82. The molecule has 0 atom stereocenters. The molecule has 0 bridgehead atoms. The van der Waals surface area contributed by atoms with E-state index in [1.807, 2.05) is 36.1 Å². The first kappa shape index (κ1) is 17.9. The number of nitrogens with one attached hydrogen (secondary N) is 1. The maximum atomic E-state index is 12.7. The van der Waals surface area contributed by atoms with Crippen molar-refractivity contribution in [3.63, 3.8) is 0 Å². The number of thiocarbonyl (C=S) groups is 1. The Morgan fingerprint density at radius 3 is 2.92 bits per heavy atom. The SMILES string of the molecule is CCCOc1ccc(Br)cc1C(=O)NC(=S)N1CCc2ccccc21. The van der Waals surface area contributed by atoms with Crippen LogP contribution in [0.25, 0.3) is 0 Å². The first-order valence-electron chi connectivity index (χ1n) is 8.23. The molecule has 0 saturated heterocycles. The van der Waals surface area contributed by atoms with Gasteiger partial charge in [-0.2, -0.15) is 0 Å². The standard InChI is InChI=1S/C19H19BrN2O2S/c1-2-11-24-17-8-7-14(20)12-15(17)18(23)21-19(25)22-10-9-13-5-3-4-6-16(13)22/h3-8,12H,2,9-11H2,1H3,(H,21,23,25). The van der Waals surface area contributed by atoms with E-state index in [2.05, 4.69) is 27.3 Å². The van der Waals surface area contributed by atoms with Crippen LogP contribution in [0.5, 0.6) is 5.75 Å². The van der Waals surface area contributed by atoms with E-state index in [9.17, 15) is 4.79 Å². The van der Waals surface area contributed by atoms with Gasteiger partial charge in [-0.25, -0.2) is 0 Å². The lowest BCUT2D eigenvalue weighted by atomic mass is 10.2. The zero-order chi connectivity index (χ0) is 17.8. The highest BCUT2D eigenvalue weighted by Crippen LogP contribution is 2.28. The average Bonchev–Trinajstić information content (AvgIpc) is 3.04. The van der Waals surface area contributed by atoms with Crippen LogP contribution in [-0.2, 0) is 6.42 Å². The van der Waals surface area contributed by atoms with Crippen LogP contribution in [0.3, 0.4) is 0 Å². The van der Waals surface area contributed by atoms with Gasteiger partial charge in [0.05, 0.1) is 12.2 Å².